The van der Waals surface area contributed by atoms with Gasteiger partial charge in [-0.2, -0.15) is 4.99 Å². The number of rotatable bonds is 4. The number of nitrogens with one attached hydrogen (secondary N) is 3. The minimum absolute atomic E-state index is 0.0635. The van der Waals surface area contributed by atoms with Crippen LogP contribution in [0.4, 0.5) is 0 Å². The number of carbonyl (C=O) groups excluding carboxylic acids is 1. The van der Waals surface area contributed by atoms with Crippen LogP contribution in [0.25, 0.3) is 0 Å². The van der Waals surface area contributed by atoms with Crippen LogP contribution >= 0.6 is 0 Å². The molecule has 0 spiro atoms. The predicted molar refractivity (Wildman–Crippen MR) is 92.3 cm³/mol. The number of amidine groups is 1. The minimum atomic E-state index is -0.439. The van der Waals surface area contributed by atoms with Crippen LogP contribution in [0.15, 0.2) is 52.3 Å². The highest BCUT2D eigenvalue weighted by Gasteiger charge is 2.33. The lowest BCUT2D eigenvalue weighted by Crippen LogP contribution is -2.44. The number of nitrogens with zero attached hydrogens (tertiary/aromatic N) is 3. The quantitative estimate of drug-likeness (QED) is 0.442. The highest BCUT2D eigenvalue weighted by Crippen LogP contribution is 2.26. The molecule has 0 aromatic rings. The first kappa shape index (κ1) is 15.9. The number of aliphatic imine (C=N–C) groups is 1. The van der Waals surface area contributed by atoms with Gasteiger partial charge in [-0.3, -0.25) is 10.2 Å². The molecule has 3 aliphatic heterocycles. The van der Waals surface area contributed by atoms with Gasteiger partial charge in [0.1, 0.15) is 17.5 Å². The third-order valence-corrected chi connectivity index (χ3v) is 4.00. The normalized spacial score (nSPS) is 20.6. The van der Waals surface area contributed by atoms with Crippen molar-refractivity contribution in [1.82, 2.24) is 20.7 Å². The van der Waals surface area contributed by atoms with Crippen LogP contribution in [0.3, 0.4) is 0 Å². The smallest absolute Gasteiger partial charge is 0.299 e. The zero-order valence-corrected chi connectivity index (χ0v) is 13.5. The average Bonchev–Trinajstić information content (AvgIpc) is 3.18. The molecule has 126 valence electrons. The second kappa shape index (κ2) is 6.61. The number of amides is 1. The predicted octanol–water partition coefficient (Wildman–Crippen LogP) is 0.509. The maximum atomic E-state index is 12.5. The first-order chi connectivity index (χ1) is 11.6. The highest BCUT2D eigenvalue weighted by atomic mass is 16.2. The molecule has 0 unspecified atom stereocenters. The second-order valence-electron chi connectivity index (χ2n) is 5.71. The van der Waals surface area contributed by atoms with Crippen molar-refractivity contribution in [2.24, 2.45) is 10.7 Å². The molecule has 8 heteroatoms. The molecule has 1 saturated heterocycles. The van der Waals surface area contributed by atoms with Crippen molar-refractivity contribution in [2.45, 2.75) is 19.8 Å². The molecule has 0 radical (unpaired) electrons. The summed E-state index contributed by atoms with van der Waals surface area (Å²) in [7, 11) is 0. The van der Waals surface area contributed by atoms with Crippen LogP contribution in [-0.4, -0.2) is 41.0 Å². The van der Waals surface area contributed by atoms with Crippen LogP contribution in [-0.2, 0) is 4.79 Å². The summed E-state index contributed by atoms with van der Waals surface area (Å²) in [5, 5.41) is 11.8. The molecule has 8 nitrogen and oxygen atoms in total. The van der Waals surface area contributed by atoms with Crippen LogP contribution in [0.2, 0.25) is 0 Å². The van der Waals surface area contributed by atoms with Gasteiger partial charge in [0.2, 0.25) is 0 Å². The van der Waals surface area contributed by atoms with E-state index in [-0.39, 0.29) is 5.84 Å². The summed E-state index contributed by atoms with van der Waals surface area (Å²) in [5.41, 5.74) is 10.1. The Bertz CT molecular complexity index is 708. The Morgan fingerprint density at radius 3 is 2.75 bits per heavy atom. The Balaban J connectivity index is 1.80. The Kier molecular flexibility index (Phi) is 4.37. The Morgan fingerprint density at radius 1 is 1.33 bits per heavy atom. The fraction of sp³-hybridized carbons (Fsp3) is 0.312. The summed E-state index contributed by atoms with van der Waals surface area (Å²) >= 11 is 0. The summed E-state index contributed by atoms with van der Waals surface area (Å²) in [6.45, 7) is 3.84. The molecule has 5 N–H and O–H groups in total. The minimum Gasteiger partial charge on any atom is -0.384 e. The number of hydrazine groups is 1. The molecule has 0 aromatic carbocycles. The molecule has 0 bridgehead atoms. The Labute approximate surface area is 140 Å². The summed E-state index contributed by atoms with van der Waals surface area (Å²) < 4.78 is 0. The number of nitrogens with two attached hydrogens (primary N) is 1. The van der Waals surface area contributed by atoms with E-state index in [1.807, 2.05) is 19.1 Å². The molecule has 1 amide bonds. The van der Waals surface area contributed by atoms with E-state index in [0.29, 0.717) is 11.4 Å². The molecule has 0 atom stereocenters. The Hall–Kier alpha value is -3.03. The van der Waals surface area contributed by atoms with Gasteiger partial charge in [-0.05, 0) is 44.1 Å². The van der Waals surface area contributed by atoms with E-state index >= 15 is 0 Å². The lowest BCUT2D eigenvalue weighted by atomic mass is 10.3. The van der Waals surface area contributed by atoms with Crippen molar-refractivity contribution in [3.63, 3.8) is 0 Å². The van der Waals surface area contributed by atoms with Gasteiger partial charge in [-0.1, -0.05) is 0 Å². The van der Waals surface area contributed by atoms with Gasteiger partial charge in [0.15, 0.2) is 5.70 Å². The number of hydrogen-bond acceptors (Lipinski definition) is 6. The third-order valence-electron chi connectivity index (χ3n) is 4.00. The largest absolute Gasteiger partial charge is 0.384 e. The molecule has 0 aromatic heterocycles. The maximum absolute atomic E-state index is 12.5. The van der Waals surface area contributed by atoms with Crippen molar-refractivity contribution in [3.05, 3.63) is 47.3 Å². The SMILES string of the molecule is CC1=C(C(=O)N=C(N)/C=C\C=N)N2NC(N3CCCC3)=CC=C2N1. The molecule has 1 fully saturated rings. The van der Waals surface area contributed by atoms with E-state index in [4.69, 9.17) is 11.1 Å². The van der Waals surface area contributed by atoms with E-state index in [1.54, 1.807) is 5.01 Å². The van der Waals surface area contributed by atoms with Crippen LogP contribution in [0.5, 0.6) is 0 Å². The first-order valence-corrected chi connectivity index (χ1v) is 7.87. The number of fused-ring (bicyclic) bond motifs is 1. The molecule has 3 aliphatic rings. The van der Waals surface area contributed by atoms with Crippen molar-refractivity contribution < 1.29 is 4.79 Å². The molecule has 3 rings (SSSR count). The monoisotopic (exact) mass is 327 g/mol. The fourth-order valence-corrected chi connectivity index (χ4v) is 2.88. The van der Waals surface area contributed by atoms with Crippen molar-refractivity contribution in [2.75, 3.05) is 13.1 Å². The van der Waals surface area contributed by atoms with Gasteiger partial charge in [0.25, 0.3) is 5.91 Å². The fourth-order valence-electron chi connectivity index (χ4n) is 2.88. The number of likely N-dealkylation sites (tertiary alicyclic amines) is 1. The summed E-state index contributed by atoms with van der Waals surface area (Å²) in [6.07, 6.45) is 10.2. The van der Waals surface area contributed by atoms with E-state index in [2.05, 4.69) is 20.6 Å². The highest BCUT2D eigenvalue weighted by molar-refractivity contribution is 6.07. The van der Waals surface area contributed by atoms with Crippen LogP contribution < -0.4 is 16.5 Å². The summed E-state index contributed by atoms with van der Waals surface area (Å²) in [5.74, 6) is 1.38. The van der Waals surface area contributed by atoms with Crippen LogP contribution in [0, 0.1) is 5.41 Å². The topological polar surface area (TPSA) is 110 Å². The van der Waals surface area contributed by atoms with E-state index in [0.717, 1.165) is 30.9 Å². The molecular weight excluding hydrogens is 306 g/mol. The lowest BCUT2D eigenvalue weighted by molar-refractivity contribution is -0.115. The first-order valence-electron chi connectivity index (χ1n) is 7.87. The number of carbonyl (C=O) groups is 1. The van der Waals surface area contributed by atoms with Gasteiger partial charge >= 0.3 is 0 Å². The zero-order chi connectivity index (χ0) is 17.1. The number of allylic oxidation sites excluding steroid dienone is 4. The number of hydrogen-bond donors (Lipinski definition) is 4. The van der Waals surface area contributed by atoms with Crippen molar-refractivity contribution in [1.29, 1.82) is 5.41 Å². The molecule has 0 aliphatic carbocycles. The second-order valence-corrected chi connectivity index (χ2v) is 5.71. The standard InChI is InChI=1S/C16H21N7O/c1-11-15(16(24)20-12(18)5-4-8-17)23-13(19-11)6-7-14(21-23)22-9-2-3-10-22/h4-8,17,19,21H,2-3,9-10H2,1H3,(H2,18,20,24)/b5-4-,17-8?. The average molecular weight is 327 g/mol. The summed E-state index contributed by atoms with van der Waals surface area (Å²) in [4.78, 5) is 18.7. The van der Waals surface area contributed by atoms with Crippen molar-refractivity contribution >= 4 is 18.0 Å². The van der Waals surface area contributed by atoms with E-state index < -0.39 is 5.91 Å². The molecule has 0 saturated carbocycles. The van der Waals surface area contributed by atoms with E-state index in [9.17, 15) is 4.79 Å². The van der Waals surface area contributed by atoms with Crippen LogP contribution in [0.1, 0.15) is 19.8 Å². The van der Waals surface area contributed by atoms with Gasteiger partial charge in [-0.25, -0.2) is 5.01 Å². The van der Waals surface area contributed by atoms with Gasteiger partial charge in [0.05, 0.1) is 0 Å². The molecule has 3 heterocycles. The van der Waals surface area contributed by atoms with Crippen molar-refractivity contribution in [3.8, 4) is 0 Å². The maximum Gasteiger partial charge on any atom is 0.299 e. The lowest BCUT2D eigenvalue weighted by Gasteiger charge is -2.32. The van der Waals surface area contributed by atoms with Gasteiger partial charge in [-0.15, -0.1) is 0 Å². The zero-order valence-electron chi connectivity index (χ0n) is 13.5. The van der Waals surface area contributed by atoms with E-state index in [1.165, 1.54) is 25.0 Å². The van der Waals surface area contributed by atoms with Gasteiger partial charge < -0.3 is 21.4 Å². The summed E-state index contributed by atoms with van der Waals surface area (Å²) in [6, 6.07) is 0. The molecule has 24 heavy (non-hydrogen) atoms. The third kappa shape index (κ3) is 3.03. The van der Waals surface area contributed by atoms with Gasteiger partial charge in [0, 0.05) is 25.0 Å². The molecular formula is C16H21N7O. The Morgan fingerprint density at radius 2 is 2.04 bits per heavy atom.